The van der Waals surface area contributed by atoms with Gasteiger partial charge < -0.3 is 34.5 Å². The Hall–Kier alpha value is -6.33. The number of benzene rings is 2. The highest BCUT2D eigenvalue weighted by molar-refractivity contribution is 6.23. The highest BCUT2D eigenvalue weighted by Crippen LogP contribution is 2.41. The second-order valence-corrected chi connectivity index (χ2v) is 14.8. The van der Waals surface area contributed by atoms with Crippen LogP contribution in [0.2, 0.25) is 0 Å². The van der Waals surface area contributed by atoms with E-state index in [2.05, 4.69) is 25.5 Å². The van der Waals surface area contributed by atoms with Crippen molar-refractivity contribution in [3.8, 4) is 28.4 Å². The molecule has 3 fully saturated rings. The lowest BCUT2D eigenvalue weighted by molar-refractivity contribution is -0.140. The number of nitrogens with zero attached hydrogens (tertiary/aromatic N) is 4. The second kappa shape index (κ2) is 15.9. The minimum absolute atomic E-state index is 0.0160. The lowest BCUT2D eigenvalue weighted by Gasteiger charge is -2.53. The van der Waals surface area contributed by atoms with E-state index in [1.807, 2.05) is 11.0 Å². The molecule has 0 bridgehead atoms. The number of aromatic amines is 1. The number of nitrogens with one attached hydrogen (secondary N) is 3. The standard InChI is InChI=1S/C41H43N7O10/c1-42-35-16-26-29(18-43-35)28(17-44-38(26)52)22-13-33(49)30(34(14-22)56-2)21-47-20-23-19-46(9-7-31(23)47)37(51)8-10-57-11-12-58-24-3-4-25-27(15-24)41(55)48(40(25)54)32-5-6-36(50)45-39(32)53/h3-4,13-18,23,31-32,49H,5-12,19-21H2,1-2H3,(H,42,43)(H,44,52)(H,45,50,53). The summed E-state index contributed by atoms with van der Waals surface area (Å²) in [7, 11) is 3.30. The summed E-state index contributed by atoms with van der Waals surface area (Å²) < 4.78 is 17.2. The molecule has 17 nitrogen and oxygen atoms in total. The maximum absolute atomic E-state index is 13.1. The van der Waals surface area contributed by atoms with Gasteiger partial charge in [-0.25, -0.2) is 4.98 Å². The number of carbonyl (C=O) groups is 5. The smallest absolute Gasteiger partial charge is 0.262 e. The summed E-state index contributed by atoms with van der Waals surface area (Å²) in [5.41, 5.74) is 2.12. The Morgan fingerprint density at radius 1 is 0.966 bits per heavy atom. The molecule has 58 heavy (non-hydrogen) atoms. The van der Waals surface area contributed by atoms with Crippen LogP contribution < -0.4 is 25.7 Å². The first kappa shape index (κ1) is 38.5. The molecule has 2 aromatic heterocycles. The van der Waals surface area contributed by atoms with E-state index in [4.69, 9.17) is 14.2 Å². The van der Waals surface area contributed by atoms with Crippen LogP contribution in [0.25, 0.3) is 21.9 Å². The summed E-state index contributed by atoms with van der Waals surface area (Å²) in [5, 5.41) is 17.5. The number of fused-ring (bicyclic) bond motifs is 3. The van der Waals surface area contributed by atoms with E-state index in [0.29, 0.717) is 70.3 Å². The number of likely N-dealkylation sites (tertiary alicyclic amines) is 2. The third-order valence-electron chi connectivity index (χ3n) is 11.5. The number of imide groups is 2. The topological polar surface area (TPSA) is 213 Å². The minimum Gasteiger partial charge on any atom is -0.507 e. The molecular weight excluding hydrogens is 750 g/mol. The lowest BCUT2D eigenvalue weighted by Crippen LogP contribution is -2.63. The molecule has 8 rings (SSSR count). The normalized spacial score (nSPS) is 20.4. The number of amides is 5. The van der Waals surface area contributed by atoms with Gasteiger partial charge in [0.15, 0.2) is 0 Å². The number of hydrogen-bond donors (Lipinski definition) is 4. The largest absolute Gasteiger partial charge is 0.507 e. The number of phenolic OH excluding ortho intramolecular Hbond substituents is 1. The predicted molar refractivity (Wildman–Crippen MR) is 208 cm³/mol. The van der Waals surface area contributed by atoms with Gasteiger partial charge in [0.25, 0.3) is 17.4 Å². The van der Waals surface area contributed by atoms with Crippen molar-refractivity contribution < 1.29 is 43.3 Å². The first-order chi connectivity index (χ1) is 28.0. The third kappa shape index (κ3) is 7.22. The molecule has 302 valence electrons. The van der Waals surface area contributed by atoms with E-state index >= 15 is 0 Å². The molecule has 3 saturated heterocycles. The molecule has 0 saturated carbocycles. The van der Waals surface area contributed by atoms with Crippen LogP contribution in [0.4, 0.5) is 5.82 Å². The van der Waals surface area contributed by atoms with Gasteiger partial charge in [0.05, 0.1) is 43.3 Å². The van der Waals surface area contributed by atoms with Crippen molar-refractivity contribution in [1.82, 2.24) is 30.0 Å². The van der Waals surface area contributed by atoms with Crippen molar-refractivity contribution in [2.75, 3.05) is 58.9 Å². The van der Waals surface area contributed by atoms with Crippen LogP contribution in [-0.4, -0.2) is 125 Å². The molecule has 4 aliphatic rings. The number of aromatic hydroxyl groups is 1. The van der Waals surface area contributed by atoms with Gasteiger partial charge in [0.2, 0.25) is 17.7 Å². The molecule has 0 aliphatic carbocycles. The first-order valence-corrected chi connectivity index (χ1v) is 19.2. The fraction of sp³-hybridized carbons (Fsp3) is 0.390. The summed E-state index contributed by atoms with van der Waals surface area (Å²) in [6.45, 7) is 3.09. The van der Waals surface area contributed by atoms with E-state index in [9.17, 15) is 33.9 Å². The van der Waals surface area contributed by atoms with Gasteiger partial charge in [-0.1, -0.05) is 0 Å². The summed E-state index contributed by atoms with van der Waals surface area (Å²) in [5.74, 6) is -0.424. The molecule has 4 aliphatic heterocycles. The second-order valence-electron chi connectivity index (χ2n) is 14.8. The highest BCUT2D eigenvalue weighted by Gasteiger charge is 2.45. The maximum Gasteiger partial charge on any atom is 0.262 e. The molecule has 4 N–H and O–H groups in total. The average molecular weight is 794 g/mol. The number of piperidine rings is 2. The number of aromatic nitrogens is 2. The van der Waals surface area contributed by atoms with Crippen LogP contribution in [0.1, 0.15) is 52.0 Å². The van der Waals surface area contributed by atoms with Crippen LogP contribution in [0, 0.1) is 5.92 Å². The molecule has 0 radical (unpaired) electrons. The van der Waals surface area contributed by atoms with Gasteiger partial charge >= 0.3 is 0 Å². The maximum atomic E-state index is 13.1. The molecule has 5 amide bonds. The van der Waals surface area contributed by atoms with Gasteiger partial charge in [0, 0.05) is 80.5 Å². The van der Waals surface area contributed by atoms with Gasteiger partial charge in [-0.15, -0.1) is 0 Å². The lowest BCUT2D eigenvalue weighted by atomic mass is 9.82. The Kier molecular flexibility index (Phi) is 10.6. The molecule has 17 heteroatoms. The number of H-pyrrole nitrogens is 1. The number of carbonyl (C=O) groups excluding carboxylic acids is 5. The van der Waals surface area contributed by atoms with Crippen molar-refractivity contribution in [3.63, 3.8) is 0 Å². The zero-order valence-corrected chi connectivity index (χ0v) is 32.0. The zero-order valence-electron chi connectivity index (χ0n) is 32.0. The molecular formula is C41H43N7O10. The SMILES string of the molecule is CNc1cc2c(=O)[nH]cc(-c3cc(O)c(CN4CC5CN(C(=O)CCOCCOc6ccc7c(c6)C(=O)N(C6CCC(=O)NC6=O)C7=O)CCC54)c(OC)c3)c2cn1. The number of phenols is 1. The molecule has 6 heterocycles. The average Bonchev–Trinajstić information content (AvgIpc) is 3.46. The van der Waals surface area contributed by atoms with Gasteiger partial charge in [-0.3, -0.25) is 43.9 Å². The first-order valence-electron chi connectivity index (χ1n) is 19.2. The van der Waals surface area contributed by atoms with Crippen LogP contribution in [0.5, 0.6) is 17.2 Å². The number of methoxy groups -OCH3 is 1. The van der Waals surface area contributed by atoms with Crippen molar-refractivity contribution in [1.29, 1.82) is 0 Å². The molecule has 3 atom stereocenters. The van der Waals surface area contributed by atoms with Crippen LogP contribution in [0.15, 0.2) is 53.6 Å². The molecule has 4 aromatic rings. The van der Waals surface area contributed by atoms with Crippen molar-refractivity contribution in [2.24, 2.45) is 5.92 Å². The Bertz CT molecular complexity index is 2400. The zero-order chi connectivity index (χ0) is 40.7. The van der Waals surface area contributed by atoms with Gasteiger partial charge in [-0.2, -0.15) is 0 Å². The van der Waals surface area contributed by atoms with Crippen LogP contribution >= 0.6 is 0 Å². The Morgan fingerprint density at radius 3 is 2.57 bits per heavy atom. The van der Waals surface area contributed by atoms with E-state index < -0.39 is 29.7 Å². The van der Waals surface area contributed by atoms with Crippen molar-refractivity contribution in [2.45, 2.75) is 44.3 Å². The number of ether oxygens (including phenoxy) is 3. The molecule has 3 unspecified atom stereocenters. The monoisotopic (exact) mass is 793 g/mol. The van der Waals surface area contributed by atoms with Gasteiger partial charge in [-0.05, 0) is 54.8 Å². The summed E-state index contributed by atoms with van der Waals surface area (Å²) in [4.78, 5) is 87.7. The number of rotatable bonds is 13. The van der Waals surface area contributed by atoms with Crippen molar-refractivity contribution in [3.05, 3.63) is 75.8 Å². The number of pyridine rings is 2. The summed E-state index contributed by atoms with van der Waals surface area (Å²) >= 11 is 0. The quantitative estimate of drug-likeness (QED) is 0.113. The van der Waals surface area contributed by atoms with E-state index in [-0.39, 0.29) is 73.5 Å². The van der Waals surface area contributed by atoms with Crippen LogP contribution in [-0.2, 0) is 25.7 Å². The summed E-state index contributed by atoms with van der Waals surface area (Å²) in [6.07, 6.45) is 4.40. The summed E-state index contributed by atoms with van der Waals surface area (Å²) in [6, 6.07) is 8.97. The molecule has 2 aromatic carbocycles. The Balaban J connectivity index is 0.784. The van der Waals surface area contributed by atoms with E-state index in [1.54, 1.807) is 44.8 Å². The fourth-order valence-electron chi connectivity index (χ4n) is 8.42. The van der Waals surface area contributed by atoms with E-state index in [0.717, 1.165) is 17.9 Å². The Labute approximate surface area is 332 Å². The number of hydrogen-bond acceptors (Lipinski definition) is 13. The fourth-order valence-corrected chi connectivity index (χ4v) is 8.42. The highest BCUT2D eigenvalue weighted by atomic mass is 16.5. The molecule has 0 spiro atoms. The Morgan fingerprint density at radius 2 is 1.79 bits per heavy atom. The number of anilines is 1. The van der Waals surface area contributed by atoms with Crippen LogP contribution in [0.3, 0.4) is 0 Å². The third-order valence-corrected chi connectivity index (χ3v) is 11.5. The van der Waals surface area contributed by atoms with Gasteiger partial charge in [0.1, 0.15) is 35.7 Å². The predicted octanol–water partition coefficient (Wildman–Crippen LogP) is 2.27. The minimum atomic E-state index is -1.04. The van der Waals surface area contributed by atoms with E-state index in [1.165, 1.54) is 12.1 Å². The van der Waals surface area contributed by atoms with Crippen molar-refractivity contribution >= 4 is 46.1 Å².